The van der Waals surface area contributed by atoms with Crippen LogP contribution in [-0.4, -0.2) is 18.7 Å². The normalized spacial score (nSPS) is 18.2. The lowest BCUT2D eigenvalue weighted by Crippen LogP contribution is -2.24. The van der Waals surface area contributed by atoms with Gasteiger partial charge in [0.15, 0.2) is 0 Å². The summed E-state index contributed by atoms with van der Waals surface area (Å²) in [6.45, 7) is 8.14. The van der Waals surface area contributed by atoms with Crippen LogP contribution in [0.3, 0.4) is 0 Å². The Labute approximate surface area is 108 Å². The van der Waals surface area contributed by atoms with E-state index in [2.05, 4.69) is 0 Å². The molecule has 1 heterocycles. The van der Waals surface area contributed by atoms with Gasteiger partial charge in [-0.3, -0.25) is 4.90 Å². The highest BCUT2D eigenvalue weighted by atomic mass is 19.1. The van der Waals surface area contributed by atoms with E-state index in [9.17, 15) is 9.18 Å². The van der Waals surface area contributed by atoms with Gasteiger partial charge in [-0.05, 0) is 31.0 Å². The number of carbonyl (C=O) groups excluding carboxylic acids is 1. The van der Waals surface area contributed by atoms with Crippen LogP contribution in [0.25, 0.3) is 0 Å². The van der Waals surface area contributed by atoms with Crippen LogP contribution in [0.15, 0.2) is 18.2 Å². The SMILES string of the molecule is CC.CCC1CN(c2ccc(C)c(F)c2)C(=O)O1. The van der Waals surface area contributed by atoms with E-state index in [1.54, 1.807) is 19.1 Å². The monoisotopic (exact) mass is 253 g/mol. The molecule has 3 nitrogen and oxygen atoms in total. The van der Waals surface area contributed by atoms with Gasteiger partial charge in [0.25, 0.3) is 0 Å². The van der Waals surface area contributed by atoms with Crippen LogP contribution in [0.1, 0.15) is 32.8 Å². The van der Waals surface area contributed by atoms with Crippen molar-refractivity contribution in [3.05, 3.63) is 29.6 Å². The lowest BCUT2D eigenvalue weighted by Gasteiger charge is -2.13. The Kier molecular flexibility index (Phi) is 5.13. The molecule has 1 atom stereocenters. The van der Waals surface area contributed by atoms with Gasteiger partial charge in [-0.2, -0.15) is 0 Å². The largest absolute Gasteiger partial charge is 0.444 e. The van der Waals surface area contributed by atoms with Gasteiger partial charge in [0, 0.05) is 0 Å². The molecule has 4 heteroatoms. The second kappa shape index (κ2) is 6.38. The zero-order valence-corrected chi connectivity index (χ0v) is 11.4. The van der Waals surface area contributed by atoms with Crippen molar-refractivity contribution in [3.8, 4) is 0 Å². The fourth-order valence-corrected chi connectivity index (χ4v) is 1.69. The summed E-state index contributed by atoms with van der Waals surface area (Å²) in [7, 11) is 0. The second-order valence-electron chi connectivity index (χ2n) is 3.96. The van der Waals surface area contributed by atoms with Gasteiger partial charge in [-0.15, -0.1) is 0 Å². The molecule has 0 saturated carbocycles. The van der Waals surface area contributed by atoms with Crippen molar-refractivity contribution in [2.24, 2.45) is 0 Å². The molecular weight excluding hydrogens is 233 g/mol. The van der Waals surface area contributed by atoms with Crippen molar-refractivity contribution >= 4 is 11.8 Å². The Morgan fingerprint density at radius 3 is 2.61 bits per heavy atom. The maximum atomic E-state index is 13.4. The maximum Gasteiger partial charge on any atom is 0.414 e. The summed E-state index contributed by atoms with van der Waals surface area (Å²) < 4.78 is 18.5. The Morgan fingerprint density at radius 1 is 1.44 bits per heavy atom. The summed E-state index contributed by atoms with van der Waals surface area (Å²) in [6.07, 6.45) is 0.295. The van der Waals surface area contributed by atoms with Crippen molar-refractivity contribution < 1.29 is 13.9 Å². The predicted octanol–water partition coefficient (Wildman–Crippen LogP) is 3.90. The minimum Gasteiger partial charge on any atom is -0.444 e. The van der Waals surface area contributed by atoms with E-state index in [0.717, 1.165) is 6.42 Å². The van der Waals surface area contributed by atoms with Crippen LogP contribution < -0.4 is 4.90 Å². The van der Waals surface area contributed by atoms with E-state index >= 15 is 0 Å². The Bertz CT molecular complexity index is 420. The molecule has 1 saturated heterocycles. The topological polar surface area (TPSA) is 29.5 Å². The van der Waals surface area contributed by atoms with Crippen LogP contribution in [0.4, 0.5) is 14.9 Å². The summed E-state index contributed by atoms with van der Waals surface area (Å²) in [6, 6.07) is 4.77. The molecule has 0 bridgehead atoms. The van der Waals surface area contributed by atoms with Gasteiger partial charge in [0.1, 0.15) is 11.9 Å². The second-order valence-corrected chi connectivity index (χ2v) is 3.96. The lowest BCUT2D eigenvalue weighted by molar-refractivity contribution is 0.139. The third-order valence-electron chi connectivity index (χ3n) is 2.80. The maximum absolute atomic E-state index is 13.4. The van der Waals surface area contributed by atoms with E-state index in [-0.39, 0.29) is 11.9 Å². The summed E-state index contributed by atoms with van der Waals surface area (Å²) in [5.41, 5.74) is 1.13. The number of hydrogen-bond donors (Lipinski definition) is 0. The molecule has 1 aromatic carbocycles. The van der Waals surface area contributed by atoms with Crippen molar-refractivity contribution in [2.45, 2.75) is 40.2 Å². The number of ether oxygens (including phenoxy) is 1. The average Bonchev–Trinajstić information content (AvgIpc) is 2.77. The minimum atomic E-state index is -0.393. The number of benzene rings is 1. The third-order valence-corrected chi connectivity index (χ3v) is 2.80. The molecule has 1 aliphatic heterocycles. The first-order valence-corrected chi connectivity index (χ1v) is 6.36. The van der Waals surface area contributed by atoms with Crippen LogP contribution >= 0.6 is 0 Å². The minimum absolute atomic E-state index is 0.0862. The standard InChI is InChI=1S/C12H14FNO2.C2H6/c1-3-10-7-14(12(15)16-10)9-5-4-8(2)11(13)6-9;1-2/h4-6,10H,3,7H2,1-2H3;1-2H3. The molecule has 1 aromatic rings. The van der Waals surface area contributed by atoms with Crippen LogP contribution in [-0.2, 0) is 4.74 Å². The Morgan fingerprint density at radius 2 is 2.11 bits per heavy atom. The van der Waals surface area contributed by atoms with Gasteiger partial charge in [0.05, 0.1) is 12.2 Å². The number of rotatable bonds is 2. The molecule has 0 N–H and O–H groups in total. The number of hydrogen-bond acceptors (Lipinski definition) is 2. The number of amides is 1. The fraction of sp³-hybridized carbons (Fsp3) is 0.500. The highest BCUT2D eigenvalue weighted by Gasteiger charge is 2.31. The van der Waals surface area contributed by atoms with Gasteiger partial charge in [-0.25, -0.2) is 9.18 Å². The van der Waals surface area contributed by atoms with Crippen LogP contribution in [0, 0.1) is 12.7 Å². The molecule has 0 spiro atoms. The average molecular weight is 253 g/mol. The summed E-state index contributed by atoms with van der Waals surface area (Å²) >= 11 is 0. The van der Waals surface area contributed by atoms with E-state index in [1.807, 2.05) is 20.8 Å². The lowest BCUT2D eigenvalue weighted by atomic mass is 10.2. The van der Waals surface area contributed by atoms with E-state index in [0.29, 0.717) is 17.8 Å². The highest BCUT2D eigenvalue weighted by Crippen LogP contribution is 2.24. The van der Waals surface area contributed by atoms with E-state index in [1.165, 1.54) is 11.0 Å². The quantitative estimate of drug-likeness (QED) is 0.800. The number of nitrogens with zero attached hydrogens (tertiary/aromatic N) is 1. The molecule has 1 aliphatic rings. The molecule has 1 amide bonds. The van der Waals surface area contributed by atoms with Gasteiger partial charge in [0.2, 0.25) is 0 Å². The first kappa shape index (κ1) is 14.5. The first-order valence-electron chi connectivity index (χ1n) is 6.36. The first-order chi connectivity index (χ1) is 8.61. The number of halogens is 1. The van der Waals surface area contributed by atoms with Crippen molar-refractivity contribution in [3.63, 3.8) is 0 Å². The van der Waals surface area contributed by atoms with Crippen LogP contribution in [0.5, 0.6) is 0 Å². The van der Waals surface area contributed by atoms with Crippen molar-refractivity contribution in [1.29, 1.82) is 0 Å². The van der Waals surface area contributed by atoms with Gasteiger partial charge >= 0.3 is 6.09 Å². The van der Waals surface area contributed by atoms with Crippen molar-refractivity contribution in [1.82, 2.24) is 0 Å². The molecule has 2 rings (SSSR count). The summed E-state index contributed by atoms with van der Waals surface area (Å²) in [4.78, 5) is 13.0. The summed E-state index contributed by atoms with van der Waals surface area (Å²) in [5, 5.41) is 0. The highest BCUT2D eigenvalue weighted by molar-refractivity contribution is 5.89. The molecule has 0 radical (unpaired) electrons. The molecule has 100 valence electrons. The molecule has 1 fully saturated rings. The predicted molar refractivity (Wildman–Crippen MR) is 70.4 cm³/mol. The number of carbonyl (C=O) groups is 1. The fourth-order valence-electron chi connectivity index (χ4n) is 1.69. The zero-order valence-electron chi connectivity index (χ0n) is 11.4. The molecule has 1 unspecified atom stereocenters. The number of cyclic esters (lactones) is 1. The van der Waals surface area contributed by atoms with Crippen LogP contribution in [0.2, 0.25) is 0 Å². The molecular formula is C14H20FNO2. The Hall–Kier alpha value is -1.58. The summed E-state index contributed by atoms with van der Waals surface area (Å²) in [5.74, 6) is -0.301. The number of anilines is 1. The molecule has 18 heavy (non-hydrogen) atoms. The van der Waals surface area contributed by atoms with Crippen molar-refractivity contribution in [2.75, 3.05) is 11.4 Å². The third kappa shape index (κ3) is 3.00. The zero-order chi connectivity index (χ0) is 13.7. The van der Waals surface area contributed by atoms with Gasteiger partial charge < -0.3 is 4.74 Å². The van der Waals surface area contributed by atoms with E-state index in [4.69, 9.17) is 4.74 Å². The Balaban J connectivity index is 0.000000771. The van der Waals surface area contributed by atoms with Gasteiger partial charge in [-0.1, -0.05) is 26.8 Å². The molecule has 0 aliphatic carbocycles. The molecule has 0 aromatic heterocycles. The smallest absolute Gasteiger partial charge is 0.414 e. The number of aryl methyl sites for hydroxylation is 1. The van der Waals surface area contributed by atoms with E-state index < -0.39 is 6.09 Å².